The number of para-hydroxylation sites is 1. The van der Waals surface area contributed by atoms with Crippen LogP contribution in [-0.4, -0.2) is 114 Å². The van der Waals surface area contributed by atoms with Crippen molar-refractivity contribution >= 4 is 44.8 Å². The molecule has 2 aromatic carbocycles. The van der Waals surface area contributed by atoms with Crippen LogP contribution < -0.4 is 11.1 Å². The van der Waals surface area contributed by atoms with Gasteiger partial charge in [-0.25, -0.2) is 27.1 Å². The van der Waals surface area contributed by atoms with Crippen LogP contribution in [0.25, 0.3) is 11.1 Å². The molecule has 3 fully saturated rings. The van der Waals surface area contributed by atoms with Gasteiger partial charge in [0.15, 0.2) is 11.7 Å². The van der Waals surface area contributed by atoms with Gasteiger partial charge < -0.3 is 29.2 Å². The van der Waals surface area contributed by atoms with Gasteiger partial charge in [-0.15, -0.1) is 0 Å². The summed E-state index contributed by atoms with van der Waals surface area (Å²) in [6.45, 7) is 5.38. The SMILES string of the molecule is Cc1cc(C[C@@H](OC(=O)N2CCC(N3CCc4ccccc4NC3=O)CC2)C(=O)N2CCC(C3CCN(S(C)(=O)=O)CC3)CC2)cc2oc(=O)n(C)c12. The van der Waals surface area contributed by atoms with E-state index in [0.717, 1.165) is 54.5 Å². The summed E-state index contributed by atoms with van der Waals surface area (Å²) in [5.74, 6) is 0.0729. The van der Waals surface area contributed by atoms with E-state index in [9.17, 15) is 27.6 Å². The number of anilines is 1. The Hall–Kier alpha value is -4.37. The topological polar surface area (TPSA) is 155 Å². The summed E-state index contributed by atoms with van der Waals surface area (Å²) in [5.41, 5.74) is 4.55. The fourth-order valence-electron chi connectivity index (χ4n) is 8.86. The molecule has 4 amide bonds. The molecule has 53 heavy (non-hydrogen) atoms. The first-order valence-corrected chi connectivity index (χ1v) is 20.6. The lowest BCUT2D eigenvalue weighted by atomic mass is 9.79. The predicted molar refractivity (Wildman–Crippen MR) is 199 cm³/mol. The van der Waals surface area contributed by atoms with Crippen LogP contribution in [-0.2, 0) is 39.4 Å². The van der Waals surface area contributed by atoms with Gasteiger partial charge >= 0.3 is 17.9 Å². The highest BCUT2D eigenvalue weighted by Gasteiger charge is 2.37. The molecular formula is C38H50N6O8S. The number of hydrogen-bond acceptors (Lipinski definition) is 8. The van der Waals surface area contributed by atoms with Gasteiger partial charge in [0, 0.05) is 71.0 Å². The van der Waals surface area contributed by atoms with Gasteiger partial charge in [0.1, 0.15) is 0 Å². The van der Waals surface area contributed by atoms with Gasteiger partial charge in [-0.2, -0.15) is 0 Å². The number of fused-ring (bicyclic) bond motifs is 2. The van der Waals surface area contributed by atoms with Crippen molar-refractivity contribution in [3.05, 3.63) is 63.6 Å². The fraction of sp³-hybridized carbons (Fsp3) is 0.579. The van der Waals surface area contributed by atoms with Crippen molar-refractivity contribution in [2.75, 3.05) is 57.4 Å². The minimum atomic E-state index is -3.20. The number of aryl methyl sites for hydroxylation is 2. The van der Waals surface area contributed by atoms with E-state index in [1.54, 1.807) is 27.2 Å². The van der Waals surface area contributed by atoms with Gasteiger partial charge in [0.2, 0.25) is 10.0 Å². The monoisotopic (exact) mass is 750 g/mol. The number of sulfonamides is 1. The Morgan fingerprint density at radius 2 is 1.55 bits per heavy atom. The van der Waals surface area contributed by atoms with Crippen molar-refractivity contribution < 1.29 is 32.0 Å². The molecule has 4 aliphatic rings. The van der Waals surface area contributed by atoms with Crippen LogP contribution >= 0.6 is 0 Å². The molecule has 286 valence electrons. The summed E-state index contributed by atoms with van der Waals surface area (Å²) in [4.78, 5) is 58.7. The second-order valence-electron chi connectivity index (χ2n) is 15.2. The Kier molecular flexibility index (Phi) is 10.6. The predicted octanol–water partition coefficient (Wildman–Crippen LogP) is 3.95. The van der Waals surface area contributed by atoms with Crippen molar-refractivity contribution in [2.45, 2.75) is 70.4 Å². The van der Waals surface area contributed by atoms with Crippen molar-refractivity contribution in [3.63, 3.8) is 0 Å². The average Bonchev–Trinajstić information content (AvgIpc) is 3.32. The molecule has 0 unspecified atom stereocenters. The summed E-state index contributed by atoms with van der Waals surface area (Å²) in [6, 6.07) is 11.3. The van der Waals surface area contributed by atoms with E-state index < -0.39 is 28.0 Å². The van der Waals surface area contributed by atoms with Gasteiger partial charge in [-0.05, 0) is 92.5 Å². The summed E-state index contributed by atoms with van der Waals surface area (Å²) in [6.07, 6.45) is 4.90. The minimum Gasteiger partial charge on any atom is -0.436 e. The molecule has 3 aromatic rings. The molecule has 3 saturated heterocycles. The molecule has 0 bridgehead atoms. The number of nitrogens with one attached hydrogen (secondary N) is 1. The zero-order valence-corrected chi connectivity index (χ0v) is 31.6. The summed E-state index contributed by atoms with van der Waals surface area (Å²) in [5, 5.41) is 3.03. The molecule has 0 aliphatic carbocycles. The number of oxazole rings is 1. The smallest absolute Gasteiger partial charge is 0.419 e. The van der Waals surface area contributed by atoms with Crippen LogP contribution in [0.2, 0.25) is 0 Å². The van der Waals surface area contributed by atoms with Gasteiger partial charge in [0.25, 0.3) is 5.91 Å². The van der Waals surface area contributed by atoms with Crippen LogP contribution in [0.4, 0.5) is 15.3 Å². The molecule has 1 atom stereocenters. The van der Waals surface area contributed by atoms with E-state index >= 15 is 0 Å². The third-order valence-corrected chi connectivity index (χ3v) is 13.2. The highest BCUT2D eigenvalue weighted by molar-refractivity contribution is 7.88. The van der Waals surface area contributed by atoms with Gasteiger partial charge in [-0.1, -0.05) is 24.3 Å². The number of carbonyl (C=O) groups excluding carboxylic acids is 3. The number of hydrogen-bond donors (Lipinski definition) is 1. The minimum absolute atomic E-state index is 0.0269. The Labute approximate surface area is 310 Å². The highest BCUT2D eigenvalue weighted by atomic mass is 32.2. The molecule has 14 nitrogen and oxygen atoms in total. The van der Waals surface area contributed by atoms with E-state index in [0.29, 0.717) is 81.6 Å². The molecule has 0 saturated carbocycles. The van der Waals surface area contributed by atoms with Crippen LogP contribution in [0, 0.1) is 18.8 Å². The van der Waals surface area contributed by atoms with E-state index in [4.69, 9.17) is 9.15 Å². The van der Waals surface area contributed by atoms with Gasteiger partial charge in [0.05, 0.1) is 11.8 Å². The number of ether oxygens (including phenoxy) is 1. The summed E-state index contributed by atoms with van der Waals surface area (Å²) < 4.78 is 38.6. The molecule has 0 radical (unpaired) electrons. The zero-order chi connectivity index (χ0) is 37.4. The lowest BCUT2D eigenvalue weighted by Crippen LogP contribution is -2.52. The maximum atomic E-state index is 14.2. The second kappa shape index (κ2) is 15.2. The quantitative estimate of drug-likeness (QED) is 0.381. The normalized spacial score (nSPS) is 20.6. The number of amides is 4. The largest absolute Gasteiger partial charge is 0.436 e. The second-order valence-corrected chi connectivity index (χ2v) is 17.2. The molecule has 0 spiro atoms. The zero-order valence-electron chi connectivity index (χ0n) is 30.8. The number of aromatic nitrogens is 1. The number of urea groups is 1. The molecule has 1 aromatic heterocycles. The molecule has 4 aliphatic heterocycles. The fourth-order valence-corrected chi connectivity index (χ4v) is 9.73. The van der Waals surface area contributed by atoms with E-state index in [1.807, 2.05) is 42.2 Å². The first kappa shape index (κ1) is 37.0. The molecule has 5 heterocycles. The first-order chi connectivity index (χ1) is 25.4. The molecule has 1 N–H and O–H groups in total. The van der Waals surface area contributed by atoms with E-state index in [2.05, 4.69) is 5.32 Å². The Morgan fingerprint density at radius 1 is 0.906 bits per heavy atom. The number of likely N-dealkylation sites (tertiary alicyclic amines) is 2. The number of benzene rings is 2. The van der Waals surface area contributed by atoms with Crippen LogP contribution in [0.1, 0.15) is 55.2 Å². The Balaban J connectivity index is 1.01. The van der Waals surface area contributed by atoms with Crippen molar-refractivity contribution in [3.8, 4) is 0 Å². The number of nitrogens with zero attached hydrogens (tertiary/aromatic N) is 5. The first-order valence-electron chi connectivity index (χ1n) is 18.8. The summed E-state index contributed by atoms with van der Waals surface area (Å²) >= 11 is 0. The lowest BCUT2D eigenvalue weighted by Gasteiger charge is -2.40. The maximum absolute atomic E-state index is 14.2. The van der Waals surface area contributed by atoms with Crippen molar-refractivity contribution in [1.29, 1.82) is 0 Å². The van der Waals surface area contributed by atoms with Crippen LogP contribution in [0.5, 0.6) is 0 Å². The Bertz CT molecular complexity index is 2020. The molecule has 15 heteroatoms. The third kappa shape index (κ3) is 7.96. The van der Waals surface area contributed by atoms with E-state index in [1.165, 1.54) is 10.8 Å². The highest BCUT2D eigenvalue weighted by Crippen LogP contribution is 2.34. The number of piperidine rings is 3. The maximum Gasteiger partial charge on any atom is 0.419 e. The third-order valence-electron chi connectivity index (χ3n) is 11.9. The number of rotatable bonds is 7. The molecular weight excluding hydrogens is 701 g/mol. The lowest BCUT2D eigenvalue weighted by molar-refractivity contribution is -0.142. The average molecular weight is 751 g/mol. The van der Waals surface area contributed by atoms with Crippen molar-refractivity contribution in [2.24, 2.45) is 18.9 Å². The molecule has 7 rings (SSSR count). The summed E-state index contributed by atoms with van der Waals surface area (Å²) in [7, 11) is -1.55. The van der Waals surface area contributed by atoms with Gasteiger partial charge in [-0.3, -0.25) is 9.36 Å². The Morgan fingerprint density at radius 3 is 2.23 bits per heavy atom. The van der Waals surface area contributed by atoms with E-state index in [-0.39, 0.29) is 24.4 Å². The number of carbonyl (C=O) groups is 3. The van der Waals surface area contributed by atoms with Crippen LogP contribution in [0.3, 0.4) is 0 Å². The standard InChI is InChI=1S/C38H50N6O8S/c1-25-22-26(23-32-34(25)40(2)37(47)51-32)24-33(35(45)41-15-8-27(9-16-41)28-10-19-43(20-11-28)53(3,49)50)52-38(48)42-17-13-30(14-18-42)44-21-12-29-6-4-5-7-31(29)39-36(44)46/h4-7,22-23,27-28,30,33H,8-21,24H2,1-3H3,(H,39,46)/t33-/m1/s1. The van der Waals surface area contributed by atoms with Crippen molar-refractivity contribution in [1.82, 2.24) is 23.6 Å². The van der Waals surface area contributed by atoms with Crippen LogP contribution in [0.15, 0.2) is 45.6 Å².